The van der Waals surface area contributed by atoms with Gasteiger partial charge in [-0.25, -0.2) is 0 Å². The van der Waals surface area contributed by atoms with E-state index >= 15 is 0 Å². The van der Waals surface area contributed by atoms with Crippen molar-refractivity contribution in [2.75, 3.05) is 13.1 Å². The molecule has 0 aromatic carbocycles. The molecule has 0 heterocycles. The molecule has 0 aliphatic rings. The highest BCUT2D eigenvalue weighted by Crippen LogP contribution is 1.96. The van der Waals surface area contributed by atoms with Gasteiger partial charge in [0.2, 0.25) is 11.8 Å². The predicted molar refractivity (Wildman–Crippen MR) is 54.5 cm³/mol. The Kier molecular flexibility index (Phi) is 5.87. The van der Waals surface area contributed by atoms with Crippen molar-refractivity contribution in [3.8, 4) is 0 Å². The number of nitrogens with two attached hydrogens (primary N) is 1. The molecule has 0 spiro atoms. The van der Waals surface area contributed by atoms with Gasteiger partial charge in [0, 0.05) is 6.54 Å². The standard InChI is InChI=1S/C9H19N3O2/c1-4-11-7(13)5-12-9(14)8(10)6(2)3/h6,8H,4-5,10H2,1-3H3,(H,11,13)(H,12,14)/t8-/m1/s1. The summed E-state index contributed by atoms with van der Waals surface area (Å²) in [5.74, 6) is -0.410. The van der Waals surface area contributed by atoms with E-state index in [4.69, 9.17) is 5.73 Å². The molecule has 2 amide bonds. The van der Waals surface area contributed by atoms with Gasteiger partial charge in [-0.05, 0) is 12.8 Å². The van der Waals surface area contributed by atoms with Crippen LogP contribution in [0.1, 0.15) is 20.8 Å². The summed E-state index contributed by atoms with van der Waals surface area (Å²) in [5, 5.41) is 5.05. The van der Waals surface area contributed by atoms with Crippen molar-refractivity contribution in [3.05, 3.63) is 0 Å². The number of carbonyl (C=O) groups excluding carboxylic acids is 2. The van der Waals surface area contributed by atoms with Gasteiger partial charge in [0.1, 0.15) is 0 Å². The van der Waals surface area contributed by atoms with E-state index in [1.165, 1.54) is 0 Å². The quantitative estimate of drug-likeness (QED) is 0.545. The van der Waals surface area contributed by atoms with E-state index in [2.05, 4.69) is 10.6 Å². The van der Waals surface area contributed by atoms with Crippen molar-refractivity contribution in [2.24, 2.45) is 11.7 Å². The average Bonchev–Trinajstić information content (AvgIpc) is 2.13. The van der Waals surface area contributed by atoms with Crippen molar-refractivity contribution < 1.29 is 9.59 Å². The molecule has 82 valence electrons. The first-order valence-corrected chi connectivity index (χ1v) is 4.79. The normalized spacial score (nSPS) is 12.4. The zero-order valence-electron chi connectivity index (χ0n) is 8.96. The summed E-state index contributed by atoms with van der Waals surface area (Å²) in [6, 6.07) is -0.551. The van der Waals surface area contributed by atoms with Gasteiger partial charge >= 0.3 is 0 Å². The molecule has 14 heavy (non-hydrogen) atoms. The summed E-state index contributed by atoms with van der Waals surface area (Å²) in [5.41, 5.74) is 5.58. The number of hydrogen-bond acceptors (Lipinski definition) is 3. The average molecular weight is 201 g/mol. The molecular formula is C9H19N3O2. The summed E-state index contributed by atoms with van der Waals surface area (Å²) < 4.78 is 0. The fourth-order valence-electron chi connectivity index (χ4n) is 0.848. The highest BCUT2D eigenvalue weighted by Gasteiger charge is 2.17. The number of nitrogens with one attached hydrogen (secondary N) is 2. The number of carbonyl (C=O) groups is 2. The lowest BCUT2D eigenvalue weighted by Crippen LogP contribution is -2.47. The Hall–Kier alpha value is -1.10. The van der Waals surface area contributed by atoms with Gasteiger partial charge in [-0.3, -0.25) is 9.59 Å². The van der Waals surface area contributed by atoms with Crippen molar-refractivity contribution in [3.63, 3.8) is 0 Å². The van der Waals surface area contributed by atoms with Crippen LogP contribution >= 0.6 is 0 Å². The topological polar surface area (TPSA) is 84.2 Å². The number of hydrogen-bond donors (Lipinski definition) is 3. The highest BCUT2D eigenvalue weighted by atomic mass is 16.2. The maximum Gasteiger partial charge on any atom is 0.239 e. The molecule has 0 bridgehead atoms. The molecule has 0 aromatic rings. The van der Waals surface area contributed by atoms with Crippen molar-refractivity contribution >= 4 is 11.8 Å². The second-order valence-electron chi connectivity index (χ2n) is 3.44. The minimum Gasteiger partial charge on any atom is -0.355 e. The summed E-state index contributed by atoms with van der Waals surface area (Å²) >= 11 is 0. The molecule has 5 heteroatoms. The third-order valence-corrected chi connectivity index (χ3v) is 1.82. The lowest BCUT2D eigenvalue weighted by atomic mass is 10.1. The van der Waals surface area contributed by atoms with Crippen molar-refractivity contribution in [1.82, 2.24) is 10.6 Å². The largest absolute Gasteiger partial charge is 0.355 e. The van der Waals surface area contributed by atoms with Crippen molar-refractivity contribution in [2.45, 2.75) is 26.8 Å². The smallest absolute Gasteiger partial charge is 0.239 e. The molecule has 0 rings (SSSR count). The Balaban J connectivity index is 3.79. The predicted octanol–water partition coefficient (Wildman–Crippen LogP) is -0.778. The summed E-state index contributed by atoms with van der Waals surface area (Å²) in [7, 11) is 0. The van der Waals surface area contributed by atoms with E-state index in [0.717, 1.165) is 0 Å². The van der Waals surface area contributed by atoms with E-state index in [0.29, 0.717) is 6.54 Å². The van der Waals surface area contributed by atoms with Crippen LogP contribution in [-0.4, -0.2) is 30.9 Å². The van der Waals surface area contributed by atoms with Gasteiger partial charge in [-0.2, -0.15) is 0 Å². The van der Waals surface area contributed by atoms with Crippen LogP contribution in [0.25, 0.3) is 0 Å². The monoisotopic (exact) mass is 201 g/mol. The molecule has 0 aliphatic carbocycles. The Labute approximate surface area is 84.4 Å². The van der Waals surface area contributed by atoms with Gasteiger partial charge < -0.3 is 16.4 Å². The maximum absolute atomic E-state index is 11.3. The van der Waals surface area contributed by atoms with Crippen LogP contribution in [0.15, 0.2) is 0 Å². The lowest BCUT2D eigenvalue weighted by Gasteiger charge is -2.14. The molecule has 0 unspecified atom stereocenters. The lowest BCUT2D eigenvalue weighted by molar-refractivity contribution is -0.127. The minimum atomic E-state index is -0.551. The molecular weight excluding hydrogens is 182 g/mol. The number of amides is 2. The zero-order chi connectivity index (χ0) is 11.1. The van der Waals surface area contributed by atoms with Crippen LogP contribution in [0.5, 0.6) is 0 Å². The molecule has 4 N–H and O–H groups in total. The second kappa shape index (κ2) is 6.37. The van der Waals surface area contributed by atoms with Gasteiger partial charge in [-0.1, -0.05) is 13.8 Å². The fraction of sp³-hybridized carbons (Fsp3) is 0.778. The molecule has 0 saturated heterocycles. The Bertz CT molecular complexity index is 204. The van der Waals surface area contributed by atoms with Gasteiger partial charge in [-0.15, -0.1) is 0 Å². The molecule has 0 aliphatic heterocycles. The summed E-state index contributed by atoms with van der Waals surface area (Å²) in [6.45, 7) is 6.09. The molecule has 0 saturated carbocycles. The van der Waals surface area contributed by atoms with Crippen LogP contribution in [0.4, 0.5) is 0 Å². The second-order valence-corrected chi connectivity index (χ2v) is 3.44. The first-order chi connectivity index (χ1) is 6.49. The Morgan fingerprint density at radius 1 is 1.29 bits per heavy atom. The minimum absolute atomic E-state index is 0.00685. The Morgan fingerprint density at radius 3 is 2.29 bits per heavy atom. The third kappa shape index (κ3) is 4.81. The maximum atomic E-state index is 11.3. The van der Waals surface area contributed by atoms with E-state index in [1.54, 1.807) is 0 Å². The first kappa shape index (κ1) is 12.9. The Morgan fingerprint density at radius 2 is 1.86 bits per heavy atom. The van der Waals surface area contributed by atoms with Crippen LogP contribution in [0, 0.1) is 5.92 Å². The SMILES string of the molecule is CCNC(=O)CNC(=O)[C@H](N)C(C)C. The number of likely N-dealkylation sites (N-methyl/N-ethyl adjacent to an activating group) is 1. The van der Waals surface area contributed by atoms with E-state index in [-0.39, 0.29) is 24.3 Å². The van der Waals surface area contributed by atoms with E-state index < -0.39 is 6.04 Å². The summed E-state index contributed by atoms with van der Waals surface area (Å²) in [4.78, 5) is 22.3. The van der Waals surface area contributed by atoms with Gasteiger partial charge in [0.05, 0.1) is 12.6 Å². The van der Waals surface area contributed by atoms with E-state index in [9.17, 15) is 9.59 Å². The van der Waals surface area contributed by atoms with Crippen LogP contribution in [0.3, 0.4) is 0 Å². The first-order valence-electron chi connectivity index (χ1n) is 4.79. The highest BCUT2D eigenvalue weighted by molar-refractivity contribution is 5.87. The molecule has 0 fully saturated rings. The van der Waals surface area contributed by atoms with Crippen LogP contribution < -0.4 is 16.4 Å². The molecule has 0 radical (unpaired) electrons. The zero-order valence-corrected chi connectivity index (χ0v) is 8.96. The molecule has 0 aromatic heterocycles. The molecule has 1 atom stereocenters. The van der Waals surface area contributed by atoms with E-state index in [1.807, 2.05) is 20.8 Å². The van der Waals surface area contributed by atoms with Gasteiger partial charge in [0.15, 0.2) is 0 Å². The number of rotatable bonds is 5. The van der Waals surface area contributed by atoms with Crippen LogP contribution in [0.2, 0.25) is 0 Å². The van der Waals surface area contributed by atoms with Gasteiger partial charge in [0.25, 0.3) is 0 Å². The van der Waals surface area contributed by atoms with Crippen molar-refractivity contribution in [1.29, 1.82) is 0 Å². The summed E-state index contributed by atoms with van der Waals surface area (Å²) in [6.07, 6.45) is 0. The molecule has 5 nitrogen and oxygen atoms in total. The third-order valence-electron chi connectivity index (χ3n) is 1.82. The van der Waals surface area contributed by atoms with Crippen LogP contribution in [-0.2, 0) is 9.59 Å². The fourth-order valence-corrected chi connectivity index (χ4v) is 0.848.